The molecular formula is C10H8N2. The molecular weight excluding hydrogens is 148 g/mol. The number of hydrogen-bond donors (Lipinski definition) is 0. The topological polar surface area (TPSA) is 27.0 Å². The van der Waals surface area contributed by atoms with Gasteiger partial charge in [0.2, 0.25) is 0 Å². The molecule has 0 aliphatic carbocycles. The Labute approximate surface area is 71.4 Å². The van der Waals surface area contributed by atoms with E-state index in [0.29, 0.717) is 0 Å². The Morgan fingerprint density at radius 2 is 2.25 bits per heavy atom. The normalized spacial score (nSPS) is 19.4. The zero-order valence-corrected chi connectivity index (χ0v) is 6.57. The second-order valence-corrected chi connectivity index (χ2v) is 2.67. The molecule has 2 aliphatic rings. The Balaban J connectivity index is 2.43. The van der Waals surface area contributed by atoms with Crippen molar-refractivity contribution in [3.8, 4) is 6.07 Å². The quantitative estimate of drug-likeness (QED) is 0.534. The van der Waals surface area contributed by atoms with Gasteiger partial charge in [-0.1, -0.05) is 12.2 Å². The largest absolute Gasteiger partial charge is 0.343 e. The first-order chi connectivity index (χ1) is 5.92. The highest BCUT2D eigenvalue weighted by atomic mass is 15.1. The summed E-state index contributed by atoms with van der Waals surface area (Å²) in [5, 5.41) is 8.79. The highest BCUT2D eigenvalue weighted by molar-refractivity contribution is 5.49. The molecule has 0 saturated heterocycles. The minimum atomic E-state index is 0.738. The van der Waals surface area contributed by atoms with Gasteiger partial charge in [0.15, 0.2) is 0 Å². The van der Waals surface area contributed by atoms with Crippen LogP contribution in [0.3, 0.4) is 0 Å². The van der Waals surface area contributed by atoms with Crippen molar-refractivity contribution in [2.75, 3.05) is 6.54 Å². The van der Waals surface area contributed by atoms with E-state index in [4.69, 9.17) is 5.26 Å². The number of nitriles is 1. The molecule has 0 unspecified atom stereocenters. The molecule has 0 spiro atoms. The molecule has 12 heavy (non-hydrogen) atoms. The lowest BCUT2D eigenvalue weighted by Gasteiger charge is -2.25. The first kappa shape index (κ1) is 6.93. The number of fused-ring (bicyclic) bond motifs is 1. The SMILES string of the molecule is N#CC1=CC=CN2CC=CC=C12. The van der Waals surface area contributed by atoms with Crippen LogP contribution < -0.4 is 0 Å². The van der Waals surface area contributed by atoms with Gasteiger partial charge in [0.05, 0.1) is 11.3 Å². The summed E-state index contributed by atoms with van der Waals surface area (Å²) in [6.45, 7) is 0.862. The van der Waals surface area contributed by atoms with Crippen LogP contribution in [0.25, 0.3) is 0 Å². The van der Waals surface area contributed by atoms with Crippen LogP contribution in [0.5, 0.6) is 0 Å². The molecule has 0 aromatic heterocycles. The van der Waals surface area contributed by atoms with Gasteiger partial charge in [-0.3, -0.25) is 0 Å². The van der Waals surface area contributed by atoms with Crippen molar-refractivity contribution in [3.05, 3.63) is 47.9 Å². The van der Waals surface area contributed by atoms with Crippen molar-refractivity contribution in [1.82, 2.24) is 4.90 Å². The predicted molar refractivity (Wildman–Crippen MR) is 46.8 cm³/mol. The zero-order valence-electron chi connectivity index (χ0n) is 6.57. The van der Waals surface area contributed by atoms with Crippen molar-refractivity contribution in [1.29, 1.82) is 5.26 Å². The van der Waals surface area contributed by atoms with Crippen LogP contribution in [0.15, 0.2) is 47.9 Å². The summed E-state index contributed by atoms with van der Waals surface area (Å²) in [6.07, 6.45) is 11.7. The Kier molecular flexibility index (Phi) is 1.56. The molecule has 0 aromatic rings. The predicted octanol–water partition coefficient (Wildman–Crippen LogP) is 1.72. The standard InChI is InChI=1S/C10H8N2/c11-8-9-4-3-7-12-6-2-1-5-10(9)12/h1-5,7H,6H2. The maximum Gasteiger partial charge on any atom is 0.101 e. The molecule has 2 rings (SSSR count). The first-order valence-corrected chi connectivity index (χ1v) is 3.84. The van der Waals surface area contributed by atoms with Crippen molar-refractivity contribution < 1.29 is 0 Å². The fourth-order valence-electron chi connectivity index (χ4n) is 1.34. The molecule has 0 bridgehead atoms. The highest BCUT2D eigenvalue weighted by Gasteiger charge is 2.14. The van der Waals surface area contributed by atoms with E-state index in [9.17, 15) is 0 Å². The summed E-state index contributed by atoms with van der Waals surface area (Å²) in [5.74, 6) is 0. The van der Waals surface area contributed by atoms with Gasteiger partial charge < -0.3 is 4.90 Å². The highest BCUT2D eigenvalue weighted by Crippen LogP contribution is 2.21. The van der Waals surface area contributed by atoms with Gasteiger partial charge in [0.25, 0.3) is 0 Å². The Hall–Kier alpha value is -1.75. The van der Waals surface area contributed by atoms with Crippen LogP contribution in [-0.4, -0.2) is 11.4 Å². The van der Waals surface area contributed by atoms with Crippen LogP contribution in [0.1, 0.15) is 0 Å². The van der Waals surface area contributed by atoms with Crippen molar-refractivity contribution >= 4 is 0 Å². The van der Waals surface area contributed by atoms with Crippen LogP contribution in [0.4, 0.5) is 0 Å². The summed E-state index contributed by atoms with van der Waals surface area (Å²) in [7, 11) is 0. The van der Waals surface area contributed by atoms with Crippen LogP contribution in [0, 0.1) is 11.3 Å². The smallest absolute Gasteiger partial charge is 0.101 e. The third-order valence-electron chi connectivity index (χ3n) is 1.93. The van der Waals surface area contributed by atoms with E-state index in [1.807, 2.05) is 30.5 Å². The summed E-state index contributed by atoms with van der Waals surface area (Å²) < 4.78 is 0. The molecule has 2 nitrogen and oxygen atoms in total. The van der Waals surface area contributed by atoms with Gasteiger partial charge in [-0.2, -0.15) is 5.26 Å². The third-order valence-corrected chi connectivity index (χ3v) is 1.93. The average Bonchev–Trinajstić information content (AvgIpc) is 2.17. The fourth-order valence-corrected chi connectivity index (χ4v) is 1.34. The lowest BCUT2D eigenvalue weighted by Crippen LogP contribution is -2.21. The molecule has 0 atom stereocenters. The van der Waals surface area contributed by atoms with Crippen LogP contribution in [-0.2, 0) is 0 Å². The maximum atomic E-state index is 8.79. The van der Waals surface area contributed by atoms with Gasteiger partial charge >= 0.3 is 0 Å². The summed E-state index contributed by atoms with van der Waals surface area (Å²) >= 11 is 0. The fraction of sp³-hybridized carbons (Fsp3) is 0.100. The molecule has 2 heteroatoms. The maximum absolute atomic E-state index is 8.79. The molecule has 58 valence electrons. The Morgan fingerprint density at radius 1 is 1.33 bits per heavy atom. The zero-order chi connectivity index (χ0) is 8.39. The number of rotatable bonds is 0. The third kappa shape index (κ3) is 0.960. The van der Waals surface area contributed by atoms with Crippen LogP contribution in [0.2, 0.25) is 0 Å². The molecule has 0 fully saturated rings. The molecule has 0 N–H and O–H groups in total. The Bertz CT molecular complexity index is 351. The average molecular weight is 156 g/mol. The van der Waals surface area contributed by atoms with Gasteiger partial charge in [-0.05, 0) is 18.2 Å². The number of hydrogen-bond acceptors (Lipinski definition) is 2. The van der Waals surface area contributed by atoms with E-state index < -0.39 is 0 Å². The van der Waals surface area contributed by atoms with Gasteiger partial charge in [-0.25, -0.2) is 0 Å². The molecule has 0 aromatic carbocycles. The van der Waals surface area contributed by atoms with E-state index in [2.05, 4.69) is 17.0 Å². The number of nitrogens with zero attached hydrogens (tertiary/aromatic N) is 2. The molecule has 0 radical (unpaired) electrons. The van der Waals surface area contributed by atoms with Gasteiger partial charge in [-0.15, -0.1) is 0 Å². The van der Waals surface area contributed by atoms with Crippen LogP contribution >= 0.6 is 0 Å². The second-order valence-electron chi connectivity index (χ2n) is 2.67. The molecule has 2 aliphatic heterocycles. The molecule has 2 heterocycles. The first-order valence-electron chi connectivity index (χ1n) is 3.84. The molecule has 0 amide bonds. The van der Waals surface area contributed by atoms with E-state index in [1.165, 1.54) is 0 Å². The van der Waals surface area contributed by atoms with Gasteiger partial charge in [0.1, 0.15) is 6.07 Å². The minimum absolute atomic E-state index is 0.738. The van der Waals surface area contributed by atoms with E-state index in [1.54, 1.807) is 0 Å². The monoisotopic (exact) mass is 156 g/mol. The van der Waals surface area contributed by atoms with E-state index in [0.717, 1.165) is 17.8 Å². The van der Waals surface area contributed by atoms with E-state index in [-0.39, 0.29) is 0 Å². The van der Waals surface area contributed by atoms with Crippen molar-refractivity contribution in [3.63, 3.8) is 0 Å². The number of allylic oxidation sites excluding steroid dienone is 5. The van der Waals surface area contributed by atoms with E-state index >= 15 is 0 Å². The summed E-state index contributed by atoms with van der Waals surface area (Å²) in [5.41, 5.74) is 1.74. The summed E-state index contributed by atoms with van der Waals surface area (Å²) in [4.78, 5) is 2.05. The summed E-state index contributed by atoms with van der Waals surface area (Å²) in [6, 6.07) is 2.17. The molecule has 0 saturated carbocycles. The Morgan fingerprint density at radius 3 is 3.08 bits per heavy atom. The lowest BCUT2D eigenvalue weighted by molar-refractivity contribution is 0.518. The van der Waals surface area contributed by atoms with Crippen molar-refractivity contribution in [2.45, 2.75) is 0 Å². The lowest BCUT2D eigenvalue weighted by atomic mass is 10.1. The second kappa shape index (κ2) is 2.71. The minimum Gasteiger partial charge on any atom is -0.343 e. The van der Waals surface area contributed by atoms with Gasteiger partial charge in [0, 0.05) is 12.7 Å². The van der Waals surface area contributed by atoms with Crippen molar-refractivity contribution in [2.24, 2.45) is 0 Å².